The molecule has 7 heteroatoms. The predicted octanol–water partition coefficient (Wildman–Crippen LogP) is 2.17. The number of ether oxygens (including phenoxy) is 1. The lowest BCUT2D eigenvalue weighted by atomic mass is 9.95. The van der Waals surface area contributed by atoms with E-state index in [0.717, 1.165) is 12.1 Å². The number of nitrogens with zero attached hydrogens (tertiary/aromatic N) is 1. The van der Waals surface area contributed by atoms with Crippen molar-refractivity contribution in [2.75, 3.05) is 6.61 Å². The quantitative estimate of drug-likeness (QED) is 0.862. The molecule has 0 spiro atoms. The maximum Gasteiger partial charge on any atom is 0.417 e. The molecule has 0 bridgehead atoms. The SMILES string of the molecule is CCOC(=O)Cc1ccc(C(F)(F)F)c(C#N)c1CO. The van der Waals surface area contributed by atoms with Gasteiger partial charge >= 0.3 is 12.1 Å². The summed E-state index contributed by atoms with van der Waals surface area (Å²) in [6.45, 7) is 0.971. The zero-order chi connectivity index (χ0) is 15.3. The third kappa shape index (κ3) is 3.48. The Balaban J connectivity index is 3.30. The molecule has 0 aliphatic carbocycles. The van der Waals surface area contributed by atoms with E-state index < -0.39 is 29.9 Å². The van der Waals surface area contributed by atoms with Gasteiger partial charge in [-0.1, -0.05) is 6.07 Å². The standard InChI is InChI=1S/C13H12F3NO3/c1-2-20-12(19)5-8-3-4-11(13(14,15)16)9(6-17)10(8)7-18/h3-4,18H,2,5,7H2,1H3. The first-order chi connectivity index (χ1) is 9.35. The molecular formula is C13H12F3NO3. The number of esters is 1. The highest BCUT2D eigenvalue weighted by Gasteiger charge is 2.35. The Morgan fingerprint density at radius 2 is 2.10 bits per heavy atom. The predicted molar refractivity (Wildman–Crippen MR) is 62.4 cm³/mol. The van der Waals surface area contributed by atoms with E-state index in [2.05, 4.69) is 0 Å². The number of benzene rings is 1. The summed E-state index contributed by atoms with van der Waals surface area (Å²) in [7, 11) is 0. The van der Waals surface area contributed by atoms with Crippen LogP contribution in [0.15, 0.2) is 12.1 Å². The second-order valence-corrected chi connectivity index (χ2v) is 3.88. The van der Waals surface area contributed by atoms with Crippen LogP contribution in [-0.4, -0.2) is 17.7 Å². The molecule has 20 heavy (non-hydrogen) atoms. The van der Waals surface area contributed by atoms with Gasteiger partial charge in [-0.3, -0.25) is 4.79 Å². The maximum atomic E-state index is 12.7. The van der Waals surface area contributed by atoms with E-state index >= 15 is 0 Å². The Labute approximate surface area is 113 Å². The number of halogens is 3. The van der Waals surface area contributed by atoms with E-state index in [0.29, 0.717) is 0 Å². The highest BCUT2D eigenvalue weighted by Crippen LogP contribution is 2.34. The lowest BCUT2D eigenvalue weighted by Crippen LogP contribution is -2.14. The van der Waals surface area contributed by atoms with Gasteiger partial charge in [0, 0.05) is 0 Å². The summed E-state index contributed by atoms with van der Waals surface area (Å²) < 4.78 is 42.9. The van der Waals surface area contributed by atoms with Gasteiger partial charge in [-0.2, -0.15) is 18.4 Å². The van der Waals surface area contributed by atoms with Gasteiger partial charge in [0.15, 0.2) is 0 Å². The molecule has 0 heterocycles. The van der Waals surface area contributed by atoms with Crippen LogP contribution in [-0.2, 0) is 28.7 Å². The van der Waals surface area contributed by atoms with Crippen LogP contribution in [0.5, 0.6) is 0 Å². The molecule has 0 aromatic heterocycles. The molecule has 1 aromatic rings. The molecular weight excluding hydrogens is 275 g/mol. The molecule has 1 aromatic carbocycles. The van der Waals surface area contributed by atoms with Crippen LogP contribution in [0.3, 0.4) is 0 Å². The summed E-state index contributed by atoms with van der Waals surface area (Å²) in [5, 5.41) is 18.1. The molecule has 0 fully saturated rings. The third-order valence-corrected chi connectivity index (χ3v) is 2.63. The number of rotatable bonds is 4. The van der Waals surface area contributed by atoms with Crippen molar-refractivity contribution in [2.24, 2.45) is 0 Å². The molecule has 0 radical (unpaired) electrons. The lowest BCUT2D eigenvalue weighted by Gasteiger charge is -2.14. The number of hydrogen-bond acceptors (Lipinski definition) is 4. The van der Waals surface area contributed by atoms with Gasteiger partial charge in [0.25, 0.3) is 0 Å². The van der Waals surface area contributed by atoms with Gasteiger partial charge in [0.05, 0.1) is 30.8 Å². The minimum atomic E-state index is -4.70. The molecule has 1 N–H and O–H groups in total. The molecule has 0 amide bonds. The Morgan fingerprint density at radius 3 is 2.55 bits per heavy atom. The van der Waals surface area contributed by atoms with Crippen molar-refractivity contribution < 1.29 is 27.8 Å². The van der Waals surface area contributed by atoms with Crippen LogP contribution >= 0.6 is 0 Å². The second kappa shape index (κ2) is 6.39. The highest BCUT2D eigenvalue weighted by atomic mass is 19.4. The highest BCUT2D eigenvalue weighted by molar-refractivity contribution is 5.73. The van der Waals surface area contributed by atoms with E-state index in [-0.39, 0.29) is 24.2 Å². The minimum Gasteiger partial charge on any atom is -0.466 e. The summed E-state index contributed by atoms with van der Waals surface area (Å²) in [5.41, 5.74) is -1.84. The average molecular weight is 287 g/mol. The van der Waals surface area contributed by atoms with Crippen molar-refractivity contribution in [3.8, 4) is 6.07 Å². The summed E-state index contributed by atoms with van der Waals surface area (Å²) >= 11 is 0. The van der Waals surface area contributed by atoms with E-state index in [9.17, 15) is 23.1 Å². The van der Waals surface area contributed by atoms with Crippen molar-refractivity contribution in [3.63, 3.8) is 0 Å². The van der Waals surface area contributed by atoms with Crippen molar-refractivity contribution in [3.05, 3.63) is 34.4 Å². The number of carbonyl (C=O) groups is 1. The first kappa shape index (κ1) is 16.0. The monoisotopic (exact) mass is 287 g/mol. The van der Waals surface area contributed by atoms with Crippen LogP contribution in [0.25, 0.3) is 0 Å². The zero-order valence-electron chi connectivity index (χ0n) is 10.6. The Hall–Kier alpha value is -2.07. The fraction of sp³-hybridized carbons (Fsp3) is 0.385. The van der Waals surface area contributed by atoms with Gasteiger partial charge in [-0.05, 0) is 24.1 Å². The second-order valence-electron chi connectivity index (χ2n) is 3.88. The average Bonchev–Trinajstić information content (AvgIpc) is 2.36. The molecule has 0 aliphatic rings. The molecule has 4 nitrogen and oxygen atoms in total. The number of alkyl halides is 3. The van der Waals surface area contributed by atoms with Crippen LogP contribution in [0.4, 0.5) is 13.2 Å². The number of carbonyl (C=O) groups excluding carboxylic acids is 1. The van der Waals surface area contributed by atoms with E-state index in [4.69, 9.17) is 10.00 Å². The van der Waals surface area contributed by atoms with Gasteiger partial charge in [-0.25, -0.2) is 0 Å². The normalized spacial score (nSPS) is 11.0. The van der Waals surface area contributed by atoms with Gasteiger partial charge in [-0.15, -0.1) is 0 Å². The molecule has 0 aliphatic heterocycles. The van der Waals surface area contributed by atoms with Crippen molar-refractivity contribution in [1.29, 1.82) is 5.26 Å². The Kier molecular flexibility index (Phi) is 5.11. The Morgan fingerprint density at radius 1 is 1.45 bits per heavy atom. The van der Waals surface area contributed by atoms with Gasteiger partial charge in [0.2, 0.25) is 0 Å². The van der Waals surface area contributed by atoms with Crippen LogP contribution < -0.4 is 0 Å². The van der Waals surface area contributed by atoms with Crippen LogP contribution in [0.1, 0.15) is 29.2 Å². The van der Waals surface area contributed by atoms with Crippen molar-refractivity contribution in [2.45, 2.75) is 26.1 Å². The molecule has 108 valence electrons. The molecule has 0 saturated carbocycles. The fourth-order valence-electron chi connectivity index (χ4n) is 1.77. The summed E-state index contributed by atoms with van der Waals surface area (Å²) in [5.74, 6) is -0.633. The summed E-state index contributed by atoms with van der Waals surface area (Å²) in [6.07, 6.45) is -4.99. The zero-order valence-corrected chi connectivity index (χ0v) is 10.6. The van der Waals surface area contributed by atoms with E-state index in [1.807, 2.05) is 0 Å². The van der Waals surface area contributed by atoms with E-state index in [1.54, 1.807) is 6.92 Å². The fourth-order valence-corrected chi connectivity index (χ4v) is 1.77. The summed E-state index contributed by atoms with van der Waals surface area (Å²) in [4.78, 5) is 11.4. The minimum absolute atomic E-state index is 0.138. The molecule has 0 atom stereocenters. The van der Waals surface area contributed by atoms with E-state index in [1.165, 1.54) is 6.07 Å². The Bertz CT molecular complexity index is 547. The third-order valence-electron chi connectivity index (χ3n) is 2.63. The first-order valence-corrected chi connectivity index (χ1v) is 5.73. The maximum absolute atomic E-state index is 12.7. The molecule has 1 rings (SSSR count). The van der Waals surface area contributed by atoms with Crippen molar-refractivity contribution >= 4 is 5.97 Å². The van der Waals surface area contributed by atoms with Crippen LogP contribution in [0, 0.1) is 11.3 Å². The van der Waals surface area contributed by atoms with Crippen LogP contribution in [0.2, 0.25) is 0 Å². The molecule has 0 saturated heterocycles. The lowest BCUT2D eigenvalue weighted by molar-refractivity contribution is -0.142. The molecule has 0 unspecified atom stereocenters. The summed E-state index contributed by atoms with van der Waals surface area (Å²) in [6, 6.07) is 3.24. The topological polar surface area (TPSA) is 70.3 Å². The number of nitriles is 1. The van der Waals surface area contributed by atoms with Gasteiger partial charge < -0.3 is 9.84 Å². The number of hydrogen-bond donors (Lipinski definition) is 1. The first-order valence-electron chi connectivity index (χ1n) is 5.73. The smallest absolute Gasteiger partial charge is 0.417 e. The number of aliphatic hydroxyl groups is 1. The van der Waals surface area contributed by atoms with Gasteiger partial charge in [0.1, 0.15) is 6.07 Å². The number of aliphatic hydroxyl groups excluding tert-OH is 1. The largest absolute Gasteiger partial charge is 0.466 e. The van der Waals surface area contributed by atoms with Crippen molar-refractivity contribution in [1.82, 2.24) is 0 Å².